The van der Waals surface area contributed by atoms with Crippen molar-refractivity contribution in [1.82, 2.24) is 16.0 Å². The summed E-state index contributed by atoms with van der Waals surface area (Å²) in [6.07, 6.45) is 2.18. The number of carbonyl (C=O) groups is 5. The molecule has 0 aliphatic carbocycles. The molecule has 1 rings (SSSR count). The minimum Gasteiger partial charge on any atom is -0.508 e. The van der Waals surface area contributed by atoms with Crippen LogP contribution in [0.5, 0.6) is 5.75 Å². The van der Waals surface area contributed by atoms with Crippen molar-refractivity contribution in [3.05, 3.63) is 29.8 Å². The lowest BCUT2D eigenvalue weighted by Crippen LogP contribution is -2.57. The van der Waals surface area contributed by atoms with Crippen LogP contribution >= 0.6 is 0 Å². The third kappa shape index (κ3) is 13.4. The summed E-state index contributed by atoms with van der Waals surface area (Å²) in [6, 6.07) is 1.52. The van der Waals surface area contributed by atoms with Crippen LogP contribution in [0, 0.1) is 0 Å². The van der Waals surface area contributed by atoms with E-state index in [9.17, 15) is 34.2 Å². The second-order valence-electron chi connectivity index (χ2n) is 9.57. The molecule has 4 atom stereocenters. The second kappa shape index (κ2) is 18.5. The Labute approximate surface area is 233 Å². The molecule has 0 saturated carbocycles. The van der Waals surface area contributed by atoms with Gasteiger partial charge in [-0.05, 0) is 82.2 Å². The number of hydrogen-bond donors (Lipinski definition) is 9. The third-order valence-corrected chi connectivity index (χ3v) is 6.18. The van der Waals surface area contributed by atoms with Gasteiger partial charge in [-0.2, -0.15) is 0 Å². The maximum atomic E-state index is 13.2. The SMILES string of the molecule is NCCCCC(NC(=O)C(CCCCN)NC(=O)C(CCC(N)=O)NC(=O)C(N)Cc1ccc(O)cc1)C(=O)O. The molecule has 0 spiro atoms. The molecular formula is C26H43N7O7. The highest BCUT2D eigenvalue weighted by atomic mass is 16.4. The van der Waals surface area contributed by atoms with Crippen molar-refractivity contribution in [3.63, 3.8) is 0 Å². The van der Waals surface area contributed by atoms with Crippen molar-refractivity contribution in [3.8, 4) is 5.75 Å². The van der Waals surface area contributed by atoms with Crippen LogP contribution in [0.25, 0.3) is 0 Å². The normalized spacial score (nSPS) is 13.9. The number of carboxylic acids is 1. The van der Waals surface area contributed by atoms with Crippen LogP contribution in [0.15, 0.2) is 24.3 Å². The number of phenols is 1. The molecule has 0 bridgehead atoms. The Bertz CT molecular complexity index is 975. The molecule has 14 heteroatoms. The molecule has 0 fully saturated rings. The standard InChI is InChI=1S/C26H43N7O7/c27-13-3-1-5-19(24(37)33-21(26(39)40)6-2-4-14-28)32-25(38)20(11-12-22(30)35)31-23(36)18(29)15-16-7-9-17(34)10-8-16/h7-10,18-21,34H,1-6,11-15,27-29H2,(H2,30,35)(H,31,36)(H,32,38)(H,33,37)(H,39,40). The predicted octanol–water partition coefficient (Wildman–Crippen LogP) is -1.68. The first-order valence-corrected chi connectivity index (χ1v) is 13.3. The van der Waals surface area contributed by atoms with Crippen LogP contribution in [0.3, 0.4) is 0 Å². The Hall–Kier alpha value is -3.75. The van der Waals surface area contributed by atoms with E-state index in [0.717, 1.165) is 0 Å². The van der Waals surface area contributed by atoms with Gasteiger partial charge in [0.05, 0.1) is 6.04 Å². The Morgan fingerprint density at radius 1 is 0.725 bits per heavy atom. The topological polar surface area (TPSA) is 266 Å². The number of aliphatic carboxylic acids is 1. The Morgan fingerprint density at radius 2 is 1.20 bits per heavy atom. The summed E-state index contributed by atoms with van der Waals surface area (Å²) < 4.78 is 0. The van der Waals surface area contributed by atoms with E-state index in [1.165, 1.54) is 12.1 Å². The first-order valence-electron chi connectivity index (χ1n) is 13.3. The molecule has 4 unspecified atom stereocenters. The van der Waals surface area contributed by atoms with Gasteiger partial charge in [0.2, 0.25) is 23.6 Å². The van der Waals surface area contributed by atoms with E-state index in [0.29, 0.717) is 44.3 Å². The molecule has 1 aromatic carbocycles. The molecule has 224 valence electrons. The van der Waals surface area contributed by atoms with E-state index >= 15 is 0 Å². The molecule has 0 heterocycles. The maximum absolute atomic E-state index is 13.2. The number of carbonyl (C=O) groups excluding carboxylic acids is 4. The summed E-state index contributed by atoms with van der Waals surface area (Å²) in [5, 5.41) is 26.5. The lowest BCUT2D eigenvalue weighted by atomic mass is 10.0. The molecule has 14 nitrogen and oxygen atoms in total. The quantitative estimate of drug-likeness (QED) is 0.0810. The van der Waals surface area contributed by atoms with E-state index in [2.05, 4.69) is 16.0 Å². The first kappa shape index (κ1) is 34.3. The molecule has 0 aliphatic rings. The number of benzene rings is 1. The fourth-order valence-corrected chi connectivity index (χ4v) is 3.87. The Morgan fingerprint density at radius 3 is 1.70 bits per heavy atom. The molecule has 0 aliphatic heterocycles. The van der Waals surface area contributed by atoms with Crippen LogP contribution in [0.1, 0.15) is 56.9 Å². The average Bonchev–Trinajstić information content (AvgIpc) is 2.90. The summed E-state index contributed by atoms with van der Waals surface area (Å²) in [4.78, 5) is 62.1. The van der Waals surface area contributed by atoms with Gasteiger partial charge in [-0.3, -0.25) is 19.2 Å². The van der Waals surface area contributed by atoms with Gasteiger partial charge in [-0.15, -0.1) is 0 Å². The zero-order chi connectivity index (χ0) is 30.1. The van der Waals surface area contributed by atoms with Gasteiger partial charge in [0, 0.05) is 6.42 Å². The number of nitrogens with two attached hydrogens (primary N) is 4. The van der Waals surface area contributed by atoms with Gasteiger partial charge in [0.1, 0.15) is 23.9 Å². The number of phenolic OH excluding ortho intramolecular Hbond substituents is 1. The second-order valence-corrected chi connectivity index (χ2v) is 9.57. The largest absolute Gasteiger partial charge is 0.508 e. The van der Waals surface area contributed by atoms with Crippen molar-refractivity contribution in [2.45, 2.75) is 82.0 Å². The molecule has 0 saturated heterocycles. The van der Waals surface area contributed by atoms with Crippen molar-refractivity contribution < 1.29 is 34.2 Å². The number of unbranched alkanes of at least 4 members (excludes halogenated alkanes) is 2. The summed E-state index contributed by atoms with van der Waals surface area (Å²) >= 11 is 0. The van der Waals surface area contributed by atoms with E-state index < -0.39 is 53.8 Å². The van der Waals surface area contributed by atoms with Crippen LogP contribution in [-0.2, 0) is 30.4 Å². The lowest BCUT2D eigenvalue weighted by molar-refractivity contribution is -0.142. The van der Waals surface area contributed by atoms with Gasteiger partial charge < -0.3 is 49.1 Å². The lowest BCUT2D eigenvalue weighted by Gasteiger charge is -2.25. The zero-order valence-corrected chi connectivity index (χ0v) is 22.6. The first-order chi connectivity index (χ1) is 19.0. The van der Waals surface area contributed by atoms with Crippen molar-refractivity contribution in [2.24, 2.45) is 22.9 Å². The monoisotopic (exact) mass is 565 g/mol. The van der Waals surface area contributed by atoms with E-state index in [1.807, 2.05) is 0 Å². The van der Waals surface area contributed by atoms with Gasteiger partial charge in [0.15, 0.2) is 0 Å². The minimum absolute atomic E-state index is 0.0558. The van der Waals surface area contributed by atoms with Crippen LogP contribution < -0.4 is 38.9 Å². The number of rotatable bonds is 20. The van der Waals surface area contributed by atoms with Crippen LogP contribution in [0.2, 0.25) is 0 Å². The molecule has 0 aromatic heterocycles. The minimum atomic E-state index is -1.24. The van der Waals surface area contributed by atoms with Crippen molar-refractivity contribution in [2.75, 3.05) is 13.1 Å². The molecule has 4 amide bonds. The number of amides is 4. The highest BCUT2D eigenvalue weighted by Gasteiger charge is 2.30. The van der Waals surface area contributed by atoms with Gasteiger partial charge in [-0.25, -0.2) is 4.79 Å². The fraction of sp³-hybridized carbons (Fsp3) is 0.577. The smallest absolute Gasteiger partial charge is 0.326 e. The van der Waals surface area contributed by atoms with Crippen molar-refractivity contribution in [1.29, 1.82) is 0 Å². The summed E-state index contributed by atoms with van der Waals surface area (Å²) in [7, 11) is 0. The molecule has 40 heavy (non-hydrogen) atoms. The maximum Gasteiger partial charge on any atom is 0.326 e. The number of carboxylic acid groups (broad SMARTS) is 1. The summed E-state index contributed by atoms with van der Waals surface area (Å²) in [5.74, 6) is -3.98. The molecule has 0 radical (unpaired) electrons. The highest BCUT2D eigenvalue weighted by molar-refractivity contribution is 5.94. The van der Waals surface area contributed by atoms with E-state index in [4.69, 9.17) is 22.9 Å². The number of nitrogens with one attached hydrogen (secondary N) is 3. The molecular weight excluding hydrogens is 522 g/mol. The average molecular weight is 566 g/mol. The van der Waals surface area contributed by atoms with Gasteiger partial charge in [-0.1, -0.05) is 12.1 Å². The number of primary amides is 1. The number of hydrogen-bond acceptors (Lipinski definition) is 9. The summed E-state index contributed by atoms with van der Waals surface area (Å²) in [5.41, 5.74) is 22.9. The molecule has 13 N–H and O–H groups in total. The van der Waals surface area contributed by atoms with Crippen molar-refractivity contribution >= 4 is 29.6 Å². The van der Waals surface area contributed by atoms with Crippen LogP contribution in [-0.4, -0.2) is 77.1 Å². The van der Waals surface area contributed by atoms with E-state index in [1.54, 1.807) is 12.1 Å². The predicted molar refractivity (Wildman–Crippen MR) is 147 cm³/mol. The Balaban J connectivity index is 2.99. The summed E-state index contributed by atoms with van der Waals surface area (Å²) in [6.45, 7) is 0.740. The number of aromatic hydroxyl groups is 1. The van der Waals surface area contributed by atoms with Crippen LogP contribution in [0.4, 0.5) is 0 Å². The third-order valence-electron chi connectivity index (χ3n) is 6.18. The molecule has 1 aromatic rings. The Kier molecular flexibility index (Phi) is 15.9. The van der Waals surface area contributed by atoms with Gasteiger partial charge in [0.25, 0.3) is 0 Å². The zero-order valence-electron chi connectivity index (χ0n) is 22.6. The van der Waals surface area contributed by atoms with Gasteiger partial charge >= 0.3 is 5.97 Å². The fourth-order valence-electron chi connectivity index (χ4n) is 3.87. The van der Waals surface area contributed by atoms with E-state index in [-0.39, 0.29) is 37.9 Å². The highest BCUT2D eigenvalue weighted by Crippen LogP contribution is 2.11.